The van der Waals surface area contributed by atoms with Gasteiger partial charge < -0.3 is 5.32 Å². The van der Waals surface area contributed by atoms with Crippen molar-refractivity contribution in [1.82, 2.24) is 10.2 Å². The predicted molar refractivity (Wildman–Crippen MR) is 82.6 cm³/mol. The highest BCUT2D eigenvalue weighted by Gasteiger charge is 2.35. The van der Waals surface area contributed by atoms with E-state index in [-0.39, 0.29) is 0 Å². The molecule has 1 saturated heterocycles. The molecule has 2 atom stereocenters. The fourth-order valence-electron chi connectivity index (χ4n) is 3.43. The van der Waals surface area contributed by atoms with Crippen molar-refractivity contribution in [2.75, 3.05) is 19.6 Å². The Morgan fingerprint density at radius 3 is 2.84 bits per heavy atom. The lowest BCUT2D eigenvalue weighted by Gasteiger charge is -2.34. The van der Waals surface area contributed by atoms with Gasteiger partial charge in [-0.2, -0.15) is 0 Å². The van der Waals surface area contributed by atoms with Crippen LogP contribution in [0.15, 0.2) is 17.5 Å². The SMILES string of the molecule is CC(C)C(c1cccs1)N1CCCNC(C2CC2)C1. The molecule has 0 radical (unpaired) electrons. The average Bonchev–Trinajstić information content (AvgIpc) is 3.12. The molecule has 2 heterocycles. The molecule has 0 amide bonds. The zero-order chi connectivity index (χ0) is 13.2. The number of rotatable bonds is 4. The highest BCUT2D eigenvalue weighted by atomic mass is 32.1. The maximum Gasteiger partial charge on any atom is 0.0465 e. The zero-order valence-corrected chi connectivity index (χ0v) is 13.0. The van der Waals surface area contributed by atoms with E-state index < -0.39 is 0 Å². The topological polar surface area (TPSA) is 15.3 Å². The van der Waals surface area contributed by atoms with Crippen LogP contribution < -0.4 is 5.32 Å². The van der Waals surface area contributed by atoms with E-state index in [1.807, 2.05) is 11.3 Å². The lowest BCUT2D eigenvalue weighted by atomic mass is 9.99. The molecular formula is C16H26N2S. The lowest BCUT2D eigenvalue weighted by Crippen LogP contribution is -2.41. The maximum atomic E-state index is 3.77. The summed E-state index contributed by atoms with van der Waals surface area (Å²) < 4.78 is 0. The van der Waals surface area contributed by atoms with Gasteiger partial charge >= 0.3 is 0 Å². The summed E-state index contributed by atoms with van der Waals surface area (Å²) in [4.78, 5) is 4.30. The monoisotopic (exact) mass is 278 g/mol. The third-order valence-corrected chi connectivity index (χ3v) is 5.45. The first-order valence-corrected chi connectivity index (χ1v) is 8.64. The molecule has 2 aliphatic rings. The highest BCUT2D eigenvalue weighted by molar-refractivity contribution is 7.10. The summed E-state index contributed by atoms with van der Waals surface area (Å²) in [6, 6.07) is 5.87. The van der Waals surface area contributed by atoms with Crippen LogP contribution in [0.5, 0.6) is 0 Å². The standard InChI is InChI=1S/C16H26N2S/c1-12(2)16(15-5-3-10-19-15)18-9-4-8-17-14(11-18)13-6-7-13/h3,5,10,12-14,16-17H,4,6-9,11H2,1-2H3. The molecule has 1 saturated carbocycles. The number of hydrogen-bond acceptors (Lipinski definition) is 3. The third-order valence-electron chi connectivity index (χ3n) is 4.51. The quantitative estimate of drug-likeness (QED) is 0.906. The normalized spacial score (nSPS) is 27.4. The Labute approximate surface area is 121 Å². The van der Waals surface area contributed by atoms with E-state index in [9.17, 15) is 0 Å². The van der Waals surface area contributed by atoms with Gasteiger partial charge in [0.2, 0.25) is 0 Å². The van der Waals surface area contributed by atoms with Crippen LogP contribution in [0.3, 0.4) is 0 Å². The van der Waals surface area contributed by atoms with Crippen molar-refractivity contribution in [3.8, 4) is 0 Å². The first kappa shape index (κ1) is 13.6. The van der Waals surface area contributed by atoms with Gasteiger partial charge in [-0.05, 0) is 49.1 Å². The summed E-state index contributed by atoms with van der Waals surface area (Å²) in [6.07, 6.45) is 4.17. The molecule has 0 aromatic carbocycles. The first-order valence-electron chi connectivity index (χ1n) is 7.76. The summed E-state index contributed by atoms with van der Waals surface area (Å²) in [5.41, 5.74) is 0. The van der Waals surface area contributed by atoms with Crippen molar-refractivity contribution in [2.45, 2.75) is 45.2 Å². The molecule has 106 valence electrons. The van der Waals surface area contributed by atoms with E-state index in [4.69, 9.17) is 0 Å². The lowest BCUT2D eigenvalue weighted by molar-refractivity contribution is 0.151. The molecule has 0 bridgehead atoms. The van der Waals surface area contributed by atoms with Crippen molar-refractivity contribution in [3.05, 3.63) is 22.4 Å². The predicted octanol–water partition coefficient (Wildman–Crippen LogP) is 3.52. The van der Waals surface area contributed by atoms with E-state index in [0.717, 1.165) is 12.0 Å². The van der Waals surface area contributed by atoms with Crippen LogP contribution in [0.25, 0.3) is 0 Å². The molecule has 2 nitrogen and oxygen atoms in total. The summed E-state index contributed by atoms with van der Waals surface area (Å²) in [5.74, 6) is 1.65. The smallest absolute Gasteiger partial charge is 0.0465 e. The Morgan fingerprint density at radius 2 is 2.21 bits per heavy atom. The van der Waals surface area contributed by atoms with Crippen LogP contribution in [-0.4, -0.2) is 30.6 Å². The van der Waals surface area contributed by atoms with E-state index in [1.54, 1.807) is 4.88 Å². The van der Waals surface area contributed by atoms with Crippen LogP contribution in [0.4, 0.5) is 0 Å². The molecule has 2 fully saturated rings. The Morgan fingerprint density at radius 1 is 1.37 bits per heavy atom. The van der Waals surface area contributed by atoms with E-state index in [1.165, 1.54) is 38.9 Å². The van der Waals surface area contributed by atoms with Crippen molar-refractivity contribution >= 4 is 11.3 Å². The summed E-state index contributed by atoms with van der Waals surface area (Å²) in [7, 11) is 0. The van der Waals surface area contributed by atoms with Crippen molar-refractivity contribution in [3.63, 3.8) is 0 Å². The third kappa shape index (κ3) is 3.21. The van der Waals surface area contributed by atoms with Crippen LogP contribution in [0, 0.1) is 11.8 Å². The highest BCUT2D eigenvalue weighted by Crippen LogP contribution is 2.37. The van der Waals surface area contributed by atoms with Gasteiger partial charge in [0, 0.05) is 30.1 Å². The second-order valence-corrected chi connectivity index (χ2v) is 7.43. The Kier molecular flexibility index (Phi) is 4.25. The van der Waals surface area contributed by atoms with Gasteiger partial charge in [0.1, 0.15) is 0 Å². The number of nitrogens with one attached hydrogen (secondary N) is 1. The Bertz CT molecular complexity index is 383. The largest absolute Gasteiger partial charge is 0.312 e. The molecule has 1 aliphatic heterocycles. The van der Waals surface area contributed by atoms with Crippen LogP contribution in [0.1, 0.15) is 44.0 Å². The molecule has 1 aromatic rings. The number of nitrogens with zero attached hydrogens (tertiary/aromatic N) is 1. The van der Waals surface area contributed by atoms with Gasteiger partial charge in [-0.3, -0.25) is 4.90 Å². The van der Waals surface area contributed by atoms with Gasteiger partial charge in [0.05, 0.1) is 0 Å². The fourth-order valence-corrected chi connectivity index (χ4v) is 4.47. The van der Waals surface area contributed by atoms with Crippen LogP contribution in [0.2, 0.25) is 0 Å². The number of thiophene rings is 1. The van der Waals surface area contributed by atoms with Crippen LogP contribution >= 0.6 is 11.3 Å². The minimum absolute atomic E-state index is 0.612. The fraction of sp³-hybridized carbons (Fsp3) is 0.750. The first-order chi connectivity index (χ1) is 9.25. The second kappa shape index (κ2) is 5.94. The van der Waals surface area contributed by atoms with Gasteiger partial charge in [-0.15, -0.1) is 11.3 Å². The van der Waals surface area contributed by atoms with E-state index in [2.05, 4.69) is 41.6 Å². The van der Waals surface area contributed by atoms with Crippen molar-refractivity contribution in [2.24, 2.45) is 11.8 Å². The molecule has 1 aromatic heterocycles. The Balaban J connectivity index is 1.76. The molecule has 0 spiro atoms. The van der Waals surface area contributed by atoms with Gasteiger partial charge in [-0.25, -0.2) is 0 Å². The van der Waals surface area contributed by atoms with E-state index in [0.29, 0.717) is 12.0 Å². The minimum atomic E-state index is 0.612. The molecule has 1 aliphatic carbocycles. The molecular weight excluding hydrogens is 252 g/mol. The minimum Gasteiger partial charge on any atom is -0.312 e. The van der Waals surface area contributed by atoms with Crippen molar-refractivity contribution in [1.29, 1.82) is 0 Å². The summed E-state index contributed by atoms with van der Waals surface area (Å²) >= 11 is 1.92. The summed E-state index contributed by atoms with van der Waals surface area (Å²) in [5, 5.41) is 6.00. The van der Waals surface area contributed by atoms with Gasteiger partial charge in [0.15, 0.2) is 0 Å². The molecule has 2 unspecified atom stereocenters. The average molecular weight is 278 g/mol. The molecule has 1 N–H and O–H groups in total. The second-order valence-electron chi connectivity index (χ2n) is 6.45. The Hall–Kier alpha value is -0.380. The zero-order valence-electron chi connectivity index (χ0n) is 12.1. The van der Waals surface area contributed by atoms with E-state index >= 15 is 0 Å². The molecule has 19 heavy (non-hydrogen) atoms. The van der Waals surface area contributed by atoms with Crippen molar-refractivity contribution < 1.29 is 0 Å². The van der Waals surface area contributed by atoms with Gasteiger partial charge in [-0.1, -0.05) is 19.9 Å². The molecule has 3 heteroatoms. The van der Waals surface area contributed by atoms with Gasteiger partial charge in [0.25, 0.3) is 0 Å². The summed E-state index contributed by atoms with van der Waals surface area (Å²) in [6.45, 7) is 8.43. The maximum absolute atomic E-state index is 3.77. The van der Waals surface area contributed by atoms with Crippen LogP contribution in [-0.2, 0) is 0 Å². The molecule has 3 rings (SSSR count). The number of hydrogen-bond donors (Lipinski definition) is 1.